The fourth-order valence-electron chi connectivity index (χ4n) is 2.29. The zero-order chi connectivity index (χ0) is 14.3. The summed E-state index contributed by atoms with van der Waals surface area (Å²) in [4.78, 5) is 25.1. The number of rotatable bonds is 2. The molecule has 1 aromatic heterocycles. The van der Waals surface area contributed by atoms with Crippen LogP contribution in [-0.2, 0) is 11.2 Å². The van der Waals surface area contributed by atoms with Crippen molar-refractivity contribution in [3.8, 4) is 0 Å². The number of imide groups is 1. The Kier molecular flexibility index (Phi) is 3.48. The first kappa shape index (κ1) is 13.5. The topological polar surface area (TPSA) is 37.4 Å². The van der Waals surface area contributed by atoms with Gasteiger partial charge in [0.2, 0.25) is 5.91 Å². The van der Waals surface area contributed by atoms with E-state index in [1.807, 2.05) is 23.6 Å². The van der Waals surface area contributed by atoms with Crippen molar-refractivity contribution in [2.45, 2.75) is 11.2 Å². The average Bonchev–Trinajstić information content (AvgIpc) is 2.98. The summed E-state index contributed by atoms with van der Waals surface area (Å²) in [5.74, 6) is -0.369. The van der Waals surface area contributed by atoms with Crippen molar-refractivity contribution in [1.82, 2.24) is 4.90 Å². The molecule has 3 nitrogen and oxygen atoms in total. The van der Waals surface area contributed by atoms with Gasteiger partial charge in [-0.3, -0.25) is 14.5 Å². The maximum absolute atomic E-state index is 12.2. The molecule has 3 rings (SSSR count). The lowest BCUT2D eigenvalue weighted by Crippen LogP contribution is -2.39. The number of hydrogen-bond donors (Lipinski definition) is 0. The van der Waals surface area contributed by atoms with Gasteiger partial charge in [0.15, 0.2) is 0 Å². The number of nitrogens with zero attached hydrogens (tertiary/aromatic N) is 1. The molecule has 0 saturated heterocycles. The molecule has 0 spiro atoms. The van der Waals surface area contributed by atoms with Gasteiger partial charge in [0.25, 0.3) is 5.91 Å². The summed E-state index contributed by atoms with van der Waals surface area (Å²) in [5, 5.41) is 4.11. The summed E-state index contributed by atoms with van der Waals surface area (Å²) in [6.07, 6.45) is 0.295. The number of carbonyl (C=O) groups is 2. The molecular formula is C15H12BrNO2S. The molecule has 0 bridgehead atoms. The third-order valence-corrected chi connectivity index (χ3v) is 5.27. The Labute approximate surface area is 129 Å². The highest BCUT2D eigenvalue weighted by Gasteiger charge is 2.28. The molecule has 20 heavy (non-hydrogen) atoms. The molecule has 2 aromatic rings. The van der Waals surface area contributed by atoms with Crippen LogP contribution in [0.15, 0.2) is 35.0 Å². The first-order valence-electron chi connectivity index (χ1n) is 6.18. The molecule has 0 saturated carbocycles. The van der Waals surface area contributed by atoms with E-state index >= 15 is 0 Å². The number of alkyl halides is 1. The van der Waals surface area contributed by atoms with Crippen LogP contribution in [0, 0.1) is 0 Å². The highest BCUT2D eigenvalue weighted by atomic mass is 79.9. The van der Waals surface area contributed by atoms with Crippen LogP contribution in [0.3, 0.4) is 0 Å². The number of hydrogen-bond acceptors (Lipinski definition) is 3. The summed E-state index contributed by atoms with van der Waals surface area (Å²) in [5.41, 5.74) is 3.64. The fourth-order valence-corrected chi connectivity index (χ4v) is 3.72. The van der Waals surface area contributed by atoms with E-state index in [0.717, 1.165) is 11.1 Å². The zero-order valence-electron chi connectivity index (χ0n) is 10.8. The molecule has 102 valence electrons. The van der Waals surface area contributed by atoms with Crippen LogP contribution in [0.1, 0.15) is 31.9 Å². The van der Waals surface area contributed by atoms with Crippen LogP contribution in [-0.4, -0.2) is 23.8 Å². The summed E-state index contributed by atoms with van der Waals surface area (Å²) in [6, 6.07) is 7.80. The minimum Gasteiger partial charge on any atom is -0.281 e. The monoisotopic (exact) mass is 349 g/mol. The van der Waals surface area contributed by atoms with Gasteiger partial charge in [-0.25, -0.2) is 0 Å². The molecule has 0 radical (unpaired) electrons. The quantitative estimate of drug-likeness (QED) is 0.615. The Bertz CT molecular complexity index is 681. The fraction of sp³-hybridized carbons (Fsp3) is 0.200. The minimum atomic E-state index is -0.219. The number of benzene rings is 1. The molecule has 1 unspecified atom stereocenters. The van der Waals surface area contributed by atoms with E-state index in [9.17, 15) is 9.59 Å². The van der Waals surface area contributed by atoms with Crippen LogP contribution >= 0.6 is 27.3 Å². The van der Waals surface area contributed by atoms with Crippen molar-refractivity contribution in [2.75, 3.05) is 7.05 Å². The lowest BCUT2D eigenvalue weighted by molar-refractivity contribution is -0.127. The Morgan fingerprint density at radius 3 is 2.75 bits per heavy atom. The van der Waals surface area contributed by atoms with Crippen LogP contribution in [0.4, 0.5) is 0 Å². The predicted molar refractivity (Wildman–Crippen MR) is 82.3 cm³/mol. The number of thiophene rings is 1. The lowest BCUT2D eigenvalue weighted by Gasteiger charge is -2.24. The Morgan fingerprint density at radius 1 is 1.25 bits per heavy atom. The van der Waals surface area contributed by atoms with E-state index in [2.05, 4.69) is 27.4 Å². The second kappa shape index (κ2) is 5.14. The molecule has 2 heterocycles. The Balaban J connectivity index is 2.01. The normalized spacial score (nSPS) is 16.2. The van der Waals surface area contributed by atoms with Gasteiger partial charge in [-0.05, 0) is 39.6 Å². The van der Waals surface area contributed by atoms with E-state index in [4.69, 9.17) is 0 Å². The second-order valence-electron chi connectivity index (χ2n) is 4.77. The molecule has 1 aliphatic heterocycles. The van der Waals surface area contributed by atoms with Crippen molar-refractivity contribution in [2.24, 2.45) is 0 Å². The van der Waals surface area contributed by atoms with Gasteiger partial charge < -0.3 is 0 Å². The second-order valence-corrected chi connectivity index (χ2v) is 6.47. The zero-order valence-corrected chi connectivity index (χ0v) is 13.2. The largest absolute Gasteiger partial charge is 0.281 e. The molecule has 0 aliphatic carbocycles. The third-order valence-electron chi connectivity index (χ3n) is 3.51. The van der Waals surface area contributed by atoms with E-state index < -0.39 is 0 Å². The smallest absolute Gasteiger partial charge is 0.260 e. The maximum atomic E-state index is 12.2. The van der Waals surface area contributed by atoms with Gasteiger partial charge in [-0.15, -0.1) is 0 Å². The molecule has 0 fully saturated rings. The first-order valence-corrected chi connectivity index (χ1v) is 8.03. The predicted octanol–water partition coefficient (Wildman–Crippen LogP) is 3.39. The van der Waals surface area contributed by atoms with Gasteiger partial charge in [-0.1, -0.05) is 28.1 Å². The number of fused-ring (bicyclic) bond motifs is 1. The van der Waals surface area contributed by atoms with E-state index in [0.29, 0.717) is 12.0 Å². The highest BCUT2D eigenvalue weighted by Crippen LogP contribution is 2.34. The maximum Gasteiger partial charge on any atom is 0.260 e. The van der Waals surface area contributed by atoms with Crippen molar-refractivity contribution >= 4 is 39.1 Å². The van der Waals surface area contributed by atoms with Gasteiger partial charge in [0.1, 0.15) is 0 Å². The van der Waals surface area contributed by atoms with Crippen molar-refractivity contribution < 1.29 is 9.59 Å². The molecule has 1 aliphatic rings. The average molecular weight is 350 g/mol. The van der Waals surface area contributed by atoms with E-state index in [-0.39, 0.29) is 16.6 Å². The molecule has 1 aromatic carbocycles. The number of carbonyl (C=O) groups excluding carboxylic acids is 2. The van der Waals surface area contributed by atoms with E-state index in [1.54, 1.807) is 11.3 Å². The summed E-state index contributed by atoms with van der Waals surface area (Å²) in [7, 11) is 1.53. The van der Waals surface area contributed by atoms with Crippen LogP contribution in [0.25, 0.3) is 0 Å². The minimum absolute atomic E-state index is 0.0646. The van der Waals surface area contributed by atoms with Gasteiger partial charge in [-0.2, -0.15) is 11.3 Å². The molecule has 1 atom stereocenters. The van der Waals surface area contributed by atoms with Crippen LogP contribution < -0.4 is 0 Å². The molecule has 5 heteroatoms. The third kappa shape index (κ3) is 2.21. The van der Waals surface area contributed by atoms with Crippen LogP contribution in [0.5, 0.6) is 0 Å². The summed E-state index contributed by atoms with van der Waals surface area (Å²) in [6.45, 7) is 0. The SMILES string of the molecule is CN1C(=O)Cc2ccc(C(Br)c3ccsc3)cc2C1=O. The van der Waals surface area contributed by atoms with Crippen molar-refractivity contribution in [1.29, 1.82) is 0 Å². The van der Waals surface area contributed by atoms with Crippen LogP contribution in [0.2, 0.25) is 0 Å². The number of likely N-dealkylation sites (N-methyl/N-ethyl adjacent to an activating group) is 1. The Morgan fingerprint density at radius 2 is 2.05 bits per heavy atom. The van der Waals surface area contributed by atoms with Gasteiger partial charge >= 0.3 is 0 Å². The lowest BCUT2D eigenvalue weighted by atomic mass is 9.95. The van der Waals surface area contributed by atoms with E-state index in [1.165, 1.54) is 17.5 Å². The van der Waals surface area contributed by atoms with Gasteiger partial charge in [0, 0.05) is 12.6 Å². The number of halogens is 1. The Hall–Kier alpha value is -1.46. The summed E-state index contributed by atoms with van der Waals surface area (Å²) >= 11 is 5.31. The van der Waals surface area contributed by atoms with Crippen molar-refractivity contribution in [3.05, 3.63) is 57.3 Å². The first-order chi connectivity index (χ1) is 9.58. The van der Waals surface area contributed by atoms with Gasteiger partial charge in [0.05, 0.1) is 11.2 Å². The highest BCUT2D eigenvalue weighted by molar-refractivity contribution is 9.09. The summed E-state index contributed by atoms with van der Waals surface area (Å²) < 4.78 is 0. The molecule has 2 amide bonds. The number of amides is 2. The van der Waals surface area contributed by atoms with Crippen molar-refractivity contribution in [3.63, 3.8) is 0 Å². The molecule has 0 N–H and O–H groups in total. The molecular weight excluding hydrogens is 338 g/mol. The standard InChI is InChI=1S/C15H12BrNO2S/c1-17-13(18)7-9-2-3-10(6-12(9)15(17)19)14(16)11-4-5-20-8-11/h2-6,8,14H,7H2,1H3.